The summed E-state index contributed by atoms with van der Waals surface area (Å²) in [6, 6.07) is 14.3. The van der Waals surface area contributed by atoms with E-state index in [0.29, 0.717) is 5.56 Å². The Morgan fingerprint density at radius 2 is 1.84 bits per heavy atom. The van der Waals surface area contributed by atoms with Gasteiger partial charge in [0.15, 0.2) is 0 Å². The van der Waals surface area contributed by atoms with Gasteiger partial charge in [0.25, 0.3) is 0 Å². The van der Waals surface area contributed by atoms with Gasteiger partial charge in [0.05, 0.1) is 6.61 Å². The highest BCUT2D eigenvalue weighted by atomic mass is 16.5. The van der Waals surface area contributed by atoms with Crippen LogP contribution in [0.3, 0.4) is 0 Å². The number of alkyl carbamates (subject to hydrolysis) is 1. The zero-order chi connectivity index (χ0) is 18.2. The normalized spacial score (nSPS) is 13.1. The minimum atomic E-state index is -1.18. The molecule has 0 fully saturated rings. The van der Waals surface area contributed by atoms with Crippen molar-refractivity contribution >= 4 is 6.09 Å². The van der Waals surface area contributed by atoms with Crippen molar-refractivity contribution in [3.05, 3.63) is 70.8 Å². The summed E-state index contributed by atoms with van der Waals surface area (Å²) in [6.07, 6.45) is -2.99. The van der Waals surface area contributed by atoms with Gasteiger partial charge in [-0.05, 0) is 29.2 Å². The first-order valence-electron chi connectivity index (χ1n) is 8.02. The number of ether oxygens (including phenoxy) is 1. The number of hydrogen-bond acceptors (Lipinski definition) is 5. The molecule has 2 unspecified atom stereocenters. The van der Waals surface area contributed by atoms with E-state index in [1.807, 2.05) is 30.3 Å². The van der Waals surface area contributed by atoms with E-state index in [9.17, 15) is 15.0 Å². The van der Waals surface area contributed by atoms with Crippen LogP contribution in [0.1, 0.15) is 28.4 Å². The Bertz CT molecular complexity index is 689. The zero-order valence-corrected chi connectivity index (χ0v) is 14.1. The lowest BCUT2D eigenvalue weighted by Gasteiger charge is -2.20. The van der Waals surface area contributed by atoms with Crippen molar-refractivity contribution in [2.24, 2.45) is 0 Å². The van der Waals surface area contributed by atoms with Crippen molar-refractivity contribution in [2.45, 2.75) is 32.3 Å². The van der Waals surface area contributed by atoms with Crippen molar-refractivity contribution in [1.29, 1.82) is 0 Å². The number of nitrogens with one attached hydrogen (secondary N) is 1. The number of hydrogen-bond donors (Lipinski definition) is 4. The predicted octanol–water partition coefficient (Wildman–Crippen LogP) is 1.81. The quantitative estimate of drug-likeness (QED) is 0.613. The average Bonchev–Trinajstić information content (AvgIpc) is 2.64. The Hall–Kier alpha value is -2.41. The molecular formula is C19H23NO5. The zero-order valence-electron chi connectivity index (χ0n) is 14.1. The molecule has 0 aliphatic carbocycles. The van der Waals surface area contributed by atoms with E-state index in [-0.39, 0.29) is 19.8 Å². The second-order valence-corrected chi connectivity index (χ2v) is 5.80. The first-order chi connectivity index (χ1) is 12.0. The van der Waals surface area contributed by atoms with Crippen molar-refractivity contribution in [3.63, 3.8) is 0 Å². The van der Waals surface area contributed by atoms with Gasteiger partial charge in [-0.2, -0.15) is 0 Å². The number of benzene rings is 2. The molecular weight excluding hydrogens is 322 g/mol. The molecule has 0 aliphatic heterocycles. The van der Waals surface area contributed by atoms with Gasteiger partial charge in [0, 0.05) is 6.54 Å². The SMILES string of the molecule is Cc1cc(CO)ccc1C(O)C(O)CNC(=O)OCc1ccccc1. The lowest BCUT2D eigenvalue weighted by atomic mass is 9.97. The van der Waals surface area contributed by atoms with Crippen molar-refractivity contribution in [1.82, 2.24) is 5.32 Å². The summed E-state index contributed by atoms with van der Waals surface area (Å²) in [5.41, 5.74) is 2.89. The standard InChI is InChI=1S/C19H23NO5/c1-13-9-15(11-21)7-8-16(13)18(23)17(22)10-20-19(24)25-12-14-5-3-2-4-6-14/h2-9,17-18,21-23H,10-12H2,1H3,(H,20,24). The van der Waals surface area contributed by atoms with E-state index in [0.717, 1.165) is 16.7 Å². The molecule has 134 valence electrons. The van der Waals surface area contributed by atoms with E-state index in [1.54, 1.807) is 25.1 Å². The Morgan fingerprint density at radius 3 is 2.48 bits per heavy atom. The summed E-state index contributed by atoms with van der Waals surface area (Å²) < 4.78 is 5.05. The summed E-state index contributed by atoms with van der Waals surface area (Å²) in [4.78, 5) is 11.7. The number of aliphatic hydroxyl groups is 3. The molecule has 6 nitrogen and oxygen atoms in total. The summed E-state index contributed by atoms with van der Waals surface area (Å²) in [5.74, 6) is 0. The summed E-state index contributed by atoms with van der Waals surface area (Å²) in [7, 11) is 0. The Morgan fingerprint density at radius 1 is 1.12 bits per heavy atom. The molecule has 0 bridgehead atoms. The van der Waals surface area contributed by atoms with E-state index < -0.39 is 18.3 Å². The number of carbonyl (C=O) groups is 1. The molecule has 0 aliphatic rings. The maximum atomic E-state index is 11.7. The summed E-state index contributed by atoms with van der Waals surface area (Å²) >= 11 is 0. The molecule has 2 rings (SSSR count). The van der Waals surface area contributed by atoms with Crippen LogP contribution in [0.15, 0.2) is 48.5 Å². The van der Waals surface area contributed by atoms with Crippen LogP contribution in [0.2, 0.25) is 0 Å². The topological polar surface area (TPSA) is 99.0 Å². The first kappa shape index (κ1) is 18.9. The van der Waals surface area contributed by atoms with Gasteiger partial charge < -0.3 is 25.4 Å². The van der Waals surface area contributed by atoms with Crippen LogP contribution in [-0.4, -0.2) is 34.1 Å². The first-order valence-corrected chi connectivity index (χ1v) is 8.02. The number of aliphatic hydroxyl groups excluding tert-OH is 3. The van der Waals surface area contributed by atoms with Crippen LogP contribution in [-0.2, 0) is 18.0 Å². The molecule has 0 heterocycles. The molecule has 6 heteroatoms. The molecule has 0 saturated carbocycles. The van der Waals surface area contributed by atoms with Gasteiger partial charge >= 0.3 is 6.09 Å². The van der Waals surface area contributed by atoms with Gasteiger partial charge in [-0.1, -0.05) is 48.5 Å². The van der Waals surface area contributed by atoms with Gasteiger partial charge in [0.2, 0.25) is 0 Å². The third-order valence-electron chi connectivity index (χ3n) is 3.87. The van der Waals surface area contributed by atoms with Crippen LogP contribution < -0.4 is 5.32 Å². The van der Waals surface area contributed by atoms with Crippen LogP contribution in [0.25, 0.3) is 0 Å². The molecule has 25 heavy (non-hydrogen) atoms. The Labute approximate surface area is 146 Å². The fourth-order valence-electron chi connectivity index (χ4n) is 2.45. The van der Waals surface area contributed by atoms with E-state index in [1.165, 1.54) is 0 Å². The highest BCUT2D eigenvalue weighted by Gasteiger charge is 2.21. The van der Waals surface area contributed by atoms with E-state index in [4.69, 9.17) is 9.84 Å². The molecule has 2 aromatic carbocycles. The van der Waals surface area contributed by atoms with Crippen LogP contribution in [0.5, 0.6) is 0 Å². The predicted molar refractivity (Wildman–Crippen MR) is 92.7 cm³/mol. The lowest BCUT2D eigenvalue weighted by Crippen LogP contribution is -2.36. The van der Waals surface area contributed by atoms with Gasteiger partial charge in [-0.15, -0.1) is 0 Å². The van der Waals surface area contributed by atoms with E-state index >= 15 is 0 Å². The van der Waals surface area contributed by atoms with Crippen molar-refractivity contribution < 1.29 is 24.9 Å². The smallest absolute Gasteiger partial charge is 0.407 e. The molecule has 0 saturated heterocycles. The molecule has 2 atom stereocenters. The Balaban J connectivity index is 1.82. The maximum absolute atomic E-state index is 11.7. The van der Waals surface area contributed by atoms with E-state index in [2.05, 4.69) is 5.32 Å². The molecule has 0 aromatic heterocycles. The number of aryl methyl sites for hydroxylation is 1. The maximum Gasteiger partial charge on any atom is 0.407 e. The molecule has 2 aromatic rings. The molecule has 1 amide bonds. The Kier molecular flexibility index (Phi) is 6.94. The third kappa shape index (κ3) is 5.56. The minimum Gasteiger partial charge on any atom is -0.445 e. The second kappa shape index (κ2) is 9.17. The number of carbonyl (C=O) groups excluding carboxylic acids is 1. The van der Waals surface area contributed by atoms with Crippen molar-refractivity contribution in [3.8, 4) is 0 Å². The highest BCUT2D eigenvalue weighted by molar-refractivity contribution is 5.67. The lowest BCUT2D eigenvalue weighted by molar-refractivity contribution is 0.0180. The van der Waals surface area contributed by atoms with Gasteiger partial charge in [0.1, 0.15) is 18.8 Å². The van der Waals surface area contributed by atoms with Gasteiger partial charge in [-0.25, -0.2) is 4.79 Å². The largest absolute Gasteiger partial charge is 0.445 e. The second-order valence-electron chi connectivity index (χ2n) is 5.80. The third-order valence-corrected chi connectivity index (χ3v) is 3.87. The number of amides is 1. The monoisotopic (exact) mass is 345 g/mol. The fourth-order valence-corrected chi connectivity index (χ4v) is 2.45. The van der Waals surface area contributed by atoms with Crippen LogP contribution in [0.4, 0.5) is 4.79 Å². The summed E-state index contributed by atoms with van der Waals surface area (Å²) in [5, 5.41) is 31.9. The average molecular weight is 345 g/mol. The van der Waals surface area contributed by atoms with Crippen LogP contribution in [0, 0.1) is 6.92 Å². The highest BCUT2D eigenvalue weighted by Crippen LogP contribution is 2.22. The molecule has 0 radical (unpaired) electrons. The molecule has 4 N–H and O–H groups in total. The van der Waals surface area contributed by atoms with Crippen molar-refractivity contribution in [2.75, 3.05) is 6.54 Å². The number of rotatable bonds is 7. The van der Waals surface area contributed by atoms with Crippen LogP contribution >= 0.6 is 0 Å². The fraction of sp³-hybridized carbons (Fsp3) is 0.316. The molecule has 0 spiro atoms. The summed E-state index contributed by atoms with van der Waals surface area (Å²) in [6.45, 7) is 1.68. The minimum absolute atomic E-state index is 0.0887. The van der Waals surface area contributed by atoms with Gasteiger partial charge in [-0.3, -0.25) is 0 Å².